The number of nitrogens with zero attached hydrogens (tertiary/aromatic N) is 2. The summed E-state index contributed by atoms with van der Waals surface area (Å²) in [7, 11) is 0. The summed E-state index contributed by atoms with van der Waals surface area (Å²) in [6, 6.07) is 1.91. The van der Waals surface area contributed by atoms with Gasteiger partial charge in [0, 0.05) is 6.61 Å². The number of carbonyl (C=O) groups excluding carboxylic acids is 1. The molecule has 1 amide bonds. The van der Waals surface area contributed by atoms with Gasteiger partial charge in [0.15, 0.2) is 11.6 Å². The maximum Gasteiger partial charge on any atom is 0.254 e. The Morgan fingerprint density at radius 1 is 1.48 bits per heavy atom. The molecule has 0 spiro atoms. The topological polar surface area (TPSA) is 77.3 Å². The van der Waals surface area contributed by atoms with E-state index in [2.05, 4.69) is 15.5 Å². The van der Waals surface area contributed by atoms with Gasteiger partial charge in [-0.3, -0.25) is 4.79 Å². The van der Waals surface area contributed by atoms with E-state index in [9.17, 15) is 13.6 Å². The van der Waals surface area contributed by atoms with Crippen molar-refractivity contribution in [1.82, 2.24) is 15.5 Å². The quantitative estimate of drug-likeness (QED) is 0.814. The molecule has 0 aliphatic rings. The summed E-state index contributed by atoms with van der Waals surface area (Å²) < 4.78 is 37.1. The Hall–Kier alpha value is -2.06. The Morgan fingerprint density at radius 3 is 2.91 bits per heavy atom. The van der Waals surface area contributed by atoms with E-state index < -0.39 is 22.6 Å². The van der Waals surface area contributed by atoms with Gasteiger partial charge in [0.2, 0.25) is 5.89 Å². The summed E-state index contributed by atoms with van der Waals surface area (Å²) in [6.45, 7) is 3.97. The highest BCUT2D eigenvalue weighted by Crippen LogP contribution is 2.22. The van der Waals surface area contributed by atoms with Gasteiger partial charge >= 0.3 is 0 Å². The first-order valence-corrected chi connectivity index (χ1v) is 7.17. The molecule has 1 atom stereocenters. The number of hydrogen-bond donors (Lipinski definition) is 1. The largest absolute Gasteiger partial charge is 0.371 e. The van der Waals surface area contributed by atoms with Crippen LogP contribution in [0, 0.1) is 11.6 Å². The third-order valence-corrected chi connectivity index (χ3v) is 3.29. The second-order valence-corrected chi connectivity index (χ2v) is 4.93. The highest BCUT2D eigenvalue weighted by molar-refractivity contribution is 6.31. The van der Waals surface area contributed by atoms with Gasteiger partial charge in [-0.15, -0.1) is 0 Å². The first kappa shape index (κ1) is 17.3. The molecule has 0 saturated heterocycles. The van der Waals surface area contributed by atoms with E-state index in [0.717, 1.165) is 12.1 Å². The van der Waals surface area contributed by atoms with Crippen LogP contribution in [-0.4, -0.2) is 22.7 Å². The van der Waals surface area contributed by atoms with E-state index in [1.54, 1.807) is 6.92 Å². The molecule has 1 N–H and O–H groups in total. The number of rotatable bonds is 6. The molecule has 0 saturated carbocycles. The highest BCUT2D eigenvalue weighted by atomic mass is 35.5. The van der Waals surface area contributed by atoms with Crippen molar-refractivity contribution in [1.29, 1.82) is 0 Å². The molecule has 6 nitrogen and oxygen atoms in total. The van der Waals surface area contributed by atoms with Crippen molar-refractivity contribution in [3.8, 4) is 0 Å². The lowest BCUT2D eigenvalue weighted by Crippen LogP contribution is -2.24. The van der Waals surface area contributed by atoms with Crippen LogP contribution in [0.2, 0.25) is 5.02 Å². The first-order valence-electron chi connectivity index (χ1n) is 6.79. The molecular formula is C14H14ClF2N3O3. The number of amides is 1. The van der Waals surface area contributed by atoms with Crippen molar-refractivity contribution in [2.24, 2.45) is 0 Å². The van der Waals surface area contributed by atoms with Crippen LogP contribution in [0.3, 0.4) is 0 Å². The minimum atomic E-state index is -1.12. The number of nitrogens with one attached hydrogen (secondary N) is 1. The third-order valence-electron chi connectivity index (χ3n) is 2.94. The number of benzene rings is 1. The smallest absolute Gasteiger partial charge is 0.254 e. The average Bonchev–Trinajstić information content (AvgIpc) is 3.00. The van der Waals surface area contributed by atoms with Crippen LogP contribution < -0.4 is 5.32 Å². The predicted molar refractivity (Wildman–Crippen MR) is 76.9 cm³/mol. The first-order chi connectivity index (χ1) is 10.9. The molecule has 0 radical (unpaired) electrons. The zero-order valence-electron chi connectivity index (χ0n) is 12.4. The molecule has 1 aromatic carbocycles. The van der Waals surface area contributed by atoms with Gasteiger partial charge in [-0.2, -0.15) is 4.98 Å². The van der Waals surface area contributed by atoms with Gasteiger partial charge in [-0.1, -0.05) is 16.8 Å². The molecule has 1 heterocycles. The van der Waals surface area contributed by atoms with Gasteiger partial charge in [0.1, 0.15) is 16.9 Å². The van der Waals surface area contributed by atoms with E-state index >= 15 is 0 Å². The fourth-order valence-electron chi connectivity index (χ4n) is 1.78. The lowest BCUT2D eigenvalue weighted by atomic mass is 10.2. The standard InChI is InChI=1S/C14H14ClF2N3O3/c1-3-22-7(2)13-19-10(23-20-13)6-18-14(21)8-4-5-9(16)11(15)12(8)17/h4-5,7H,3,6H2,1-2H3,(H,18,21). The molecule has 1 aromatic heterocycles. The molecule has 0 bridgehead atoms. The Balaban J connectivity index is 2.01. The lowest BCUT2D eigenvalue weighted by Gasteiger charge is -2.06. The number of ether oxygens (including phenoxy) is 1. The summed E-state index contributed by atoms with van der Waals surface area (Å²) in [5, 5.41) is 5.38. The average molecular weight is 346 g/mol. The second-order valence-electron chi connectivity index (χ2n) is 4.55. The van der Waals surface area contributed by atoms with Gasteiger partial charge in [-0.25, -0.2) is 8.78 Å². The van der Waals surface area contributed by atoms with Crippen molar-refractivity contribution in [3.05, 3.63) is 46.1 Å². The van der Waals surface area contributed by atoms with Crippen LogP contribution in [0.4, 0.5) is 8.78 Å². The van der Waals surface area contributed by atoms with Crippen LogP contribution in [0.15, 0.2) is 16.7 Å². The van der Waals surface area contributed by atoms with Gasteiger partial charge < -0.3 is 14.6 Å². The monoisotopic (exact) mass is 345 g/mol. The zero-order valence-corrected chi connectivity index (χ0v) is 13.2. The van der Waals surface area contributed by atoms with Crippen molar-refractivity contribution in [2.75, 3.05) is 6.61 Å². The van der Waals surface area contributed by atoms with Crippen LogP contribution in [0.5, 0.6) is 0 Å². The van der Waals surface area contributed by atoms with Crippen molar-refractivity contribution >= 4 is 17.5 Å². The van der Waals surface area contributed by atoms with Crippen LogP contribution in [0.25, 0.3) is 0 Å². The molecule has 9 heteroatoms. The van der Waals surface area contributed by atoms with Crippen LogP contribution in [0.1, 0.15) is 42.0 Å². The SMILES string of the molecule is CCOC(C)c1noc(CNC(=O)c2ccc(F)c(Cl)c2F)n1. The fraction of sp³-hybridized carbons (Fsp3) is 0.357. The molecule has 23 heavy (non-hydrogen) atoms. The fourth-order valence-corrected chi connectivity index (χ4v) is 1.95. The molecular weight excluding hydrogens is 332 g/mol. The highest BCUT2D eigenvalue weighted by Gasteiger charge is 2.19. The number of halogens is 3. The summed E-state index contributed by atoms with van der Waals surface area (Å²) in [5.74, 6) is -2.37. The Bertz CT molecular complexity index is 709. The van der Waals surface area contributed by atoms with E-state index in [-0.39, 0.29) is 24.1 Å². The summed E-state index contributed by atoms with van der Waals surface area (Å²) in [5.41, 5.74) is -0.376. The second kappa shape index (κ2) is 7.47. The molecule has 124 valence electrons. The van der Waals surface area contributed by atoms with Crippen molar-refractivity contribution < 1.29 is 22.8 Å². The van der Waals surface area contributed by atoms with E-state index in [1.807, 2.05) is 6.92 Å². The maximum atomic E-state index is 13.7. The van der Waals surface area contributed by atoms with Crippen LogP contribution >= 0.6 is 11.6 Å². The summed E-state index contributed by atoms with van der Waals surface area (Å²) in [4.78, 5) is 15.9. The van der Waals surface area contributed by atoms with Gasteiger partial charge in [0.05, 0.1) is 12.1 Å². The van der Waals surface area contributed by atoms with Crippen molar-refractivity contribution in [3.63, 3.8) is 0 Å². The van der Waals surface area contributed by atoms with E-state index in [1.165, 1.54) is 0 Å². The Morgan fingerprint density at radius 2 is 2.22 bits per heavy atom. The normalized spacial score (nSPS) is 12.2. The maximum absolute atomic E-state index is 13.7. The van der Waals surface area contributed by atoms with E-state index in [0.29, 0.717) is 12.4 Å². The molecule has 0 aliphatic heterocycles. The van der Waals surface area contributed by atoms with Gasteiger partial charge in [0.25, 0.3) is 5.91 Å². The van der Waals surface area contributed by atoms with Crippen LogP contribution in [-0.2, 0) is 11.3 Å². The third kappa shape index (κ3) is 4.02. The minimum Gasteiger partial charge on any atom is -0.371 e. The molecule has 0 fully saturated rings. The summed E-state index contributed by atoms with van der Waals surface area (Å²) >= 11 is 5.43. The zero-order chi connectivity index (χ0) is 17.0. The van der Waals surface area contributed by atoms with E-state index in [4.69, 9.17) is 20.9 Å². The summed E-state index contributed by atoms with van der Waals surface area (Å²) in [6.07, 6.45) is -0.346. The molecule has 2 aromatic rings. The predicted octanol–water partition coefficient (Wildman–Crippen LogP) is 3.03. The lowest BCUT2D eigenvalue weighted by molar-refractivity contribution is 0.0683. The van der Waals surface area contributed by atoms with Crippen molar-refractivity contribution in [2.45, 2.75) is 26.5 Å². The molecule has 2 rings (SSSR count). The Labute approximate surface area is 135 Å². The number of aromatic nitrogens is 2. The van der Waals surface area contributed by atoms with Gasteiger partial charge in [-0.05, 0) is 26.0 Å². The molecule has 1 unspecified atom stereocenters. The number of carbonyl (C=O) groups is 1. The Kier molecular flexibility index (Phi) is 5.62. The minimum absolute atomic E-state index is 0.112. The number of hydrogen-bond acceptors (Lipinski definition) is 5. The molecule has 0 aliphatic carbocycles.